The first kappa shape index (κ1) is 37.7. The molecular weight excluding hydrogens is 652 g/mol. The summed E-state index contributed by atoms with van der Waals surface area (Å²) in [5.74, 6) is -6.21. The van der Waals surface area contributed by atoms with E-state index in [1.807, 2.05) is 0 Å². The van der Waals surface area contributed by atoms with E-state index < -0.39 is 65.8 Å². The molecule has 2 atom stereocenters. The van der Waals surface area contributed by atoms with Gasteiger partial charge in [-0.2, -0.15) is 13.2 Å². The van der Waals surface area contributed by atoms with Crippen molar-refractivity contribution in [3.05, 3.63) is 91.6 Å². The zero-order valence-electron chi connectivity index (χ0n) is 28.3. The maximum absolute atomic E-state index is 15.3. The summed E-state index contributed by atoms with van der Waals surface area (Å²) in [6.07, 6.45) is -5.05. The number of pyridine rings is 1. The molecular formula is C36H41F6N3O4. The van der Waals surface area contributed by atoms with E-state index in [0.29, 0.717) is 33.9 Å². The summed E-state index contributed by atoms with van der Waals surface area (Å²) < 4.78 is 87.5. The third kappa shape index (κ3) is 8.55. The molecule has 0 spiro atoms. The van der Waals surface area contributed by atoms with Gasteiger partial charge in [0, 0.05) is 30.8 Å². The lowest BCUT2D eigenvalue weighted by atomic mass is 9.87. The Bertz CT molecular complexity index is 1780. The van der Waals surface area contributed by atoms with Gasteiger partial charge in [-0.25, -0.2) is 13.2 Å². The number of hydrogen-bond donors (Lipinski definition) is 2. The number of fused-ring (bicyclic) bond motifs is 1. The van der Waals surface area contributed by atoms with Gasteiger partial charge in [-0.1, -0.05) is 13.8 Å². The number of aliphatic carboxylic acids is 1. The van der Waals surface area contributed by atoms with Crippen LogP contribution in [0.3, 0.4) is 0 Å². The SMILES string of the molecule is Cc1cc(F)cc(C)c1-c1cc([C@H](CC(=O)O)NC(=O)[C@@H](CC(C)C)n2cc(CCN(C)C)c(C(F)(F)F)cc2=O)cc2c1CCC2(F)F. The van der Waals surface area contributed by atoms with Gasteiger partial charge in [-0.3, -0.25) is 14.4 Å². The lowest BCUT2D eigenvalue weighted by molar-refractivity contribution is -0.139. The molecule has 13 heteroatoms. The first-order valence-corrected chi connectivity index (χ1v) is 16.0. The van der Waals surface area contributed by atoms with Crippen LogP contribution in [0.2, 0.25) is 0 Å². The van der Waals surface area contributed by atoms with Gasteiger partial charge < -0.3 is 19.9 Å². The molecule has 0 fully saturated rings. The summed E-state index contributed by atoms with van der Waals surface area (Å²) >= 11 is 0. The van der Waals surface area contributed by atoms with Crippen LogP contribution in [-0.2, 0) is 34.5 Å². The molecule has 1 aliphatic carbocycles. The van der Waals surface area contributed by atoms with Gasteiger partial charge in [0.2, 0.25) is 5.91 Å². The number of aromatic nitrogens is 1. The second-order valence-corrected chi connectivity index (χ2v) is 13.5. The fourth-order valence-corrected chi connectivity index (χ4v) is 6.60. The Morgan fingerprint density at radius 1 is 1.06 bits per heavy atom. The van der Waals surface area contributed by atoms with Gasteiger partial charge in [0.1, 0.15) is 11.9 Å². The molecule has 1 amide bonds. The highest BCUT2D eigenvalue weighted by Crippen LogP contribution is 2.48. The highest BCUT2D eigenvalue weighted by molar-refractivity contribution is 5.82. The van der Waals surface area contributed by atoms with Gasteiger partial charge in [0.25, 0.3) is 11.5 Å². The van der Waals surface area contributed by atoms with E-state index in [1.54, 1.807) is 46.7 Å². The topological polar surface area (TPSA) is 91.6 Å². The molecule has 1 aromatic heterocycles. The van der Waals surface area contributed by atoms with Crippen LogP contribution < -0.4 is 10.9 Å². The largest absolute Gasteiger partial charge is 0.481 e. The second kappa shape index (κ2) is 14.4. The van der Waals surface area contributed by atoms with Crippen molar-refractivity contribution in [2.24, 2.45) is 5.92 Å². The highest BCUT2D eigenvalue weighted by atomic mass is 19.4. The van der Waals surface area contributed by atoms with Crippen LogP contribution in [0.15, 0.2) is 41.3 Å². The lowest BCUT2D eigenvalue weighted by Gasteiger charge is -2.27. The number of nitrogens with zero attached hydrogens (tertiary/aromatic N) is 2. The Kier molecular flexibility index (Phi) is 11.1. The fourth-order valence-electron chi connectivity index (χ4n) is 6.60. The van der Waals surface area contributed by atoms with E-state index in [-0.39, 0.29) is 48.4 Å². The number of rotatable bonds is 12. The van der Waals surface area contributed by atoms with Crippen LogP contribution >= 0.6 is 0 Å². The number of alkyl halides is 5. The maximum Gasteiger partial charge on any atom is 0.416 e. The quantitative estimate of drug-likeness (QED) is 0.194. The van der Waals surface area contributed by atoms with E-state index >= 15 is 8.78 Å². The number of aryl methyl sites for hydroxylation is 2. The van der Waals surface area contributed by atoms with Crippen molar-refractivity contribution in [2.45, 2.75) is 84.0 Å². The molecule has 4 rings (SSSR count). The normalized spacial score (nSPS) is 15.4. The van der Waals surface area contributed by atoms with E-state index in [4.69, 9.17) is 0 Å². The minimum absolute atomic E-state index is 0.00545. The Morgan fingerprint density at radius 3 is 2.24 bits per heavy atom. The fraction of sp³-hybridized carbons (Fsp3) is 0.472. The van der Waals surface area contributed by atoms with Crippen molar-refractivity contribution in [1.82, 2.24) is 14.8 Å². The molecule has 0 aliphatic heterocycles. The lowest BCUT2D eigenvalue weighted by Crippen LogP contribution is -2.40. The van der Waals surface area contributed by atoms with Crippen LogP contribution in [0.4, 0.5) is 26.3 Å². The molecule has 266 valence electrons. The highest BCUT2D eigenvalue weighted by Gasteiger charge is 2.42. The van der Waals surface area contributed by atoms with Gasteiger partial charge in [0.15, 0.2) is 0 Å². The van der Waals surface area contributed by atoms with Crippen molar-refractivity contribution in [3.8, 4) is 11.1 Å². The summed E-state index contributed by atoms with van der Waals surface area (Å²) in [6, 6.07) is 3.01. The van der Waals surface area contributed by atoms with Gasteiger partial charge in [0.05, 0.1) is 18.0 Å². The van der Waals surface area contributed by atoms with Crippen molar-refractivity contribution < 1.29 is 41.0 Å². The second-order valence-electron chi connectivity index (χ2n) is 13.5. The molecule has 0 saturated carbocycles. The molecule has 49 heavy (non-hydrogen) atoms. The first-order valence-electron chi connectivity index (χ1n) is 16.0. The predicted molar refractivity (Wildman–Crippen MR) is 173 cm³/mol. The Hall–Kier alpha value is -4.13. The van der Waals surface area contributed by atoms with Gasteiger partial charge in [-0.15, -0.1) is 0 Å². The van der Waals surface area contributed by atoms with Crippen molar-refractivity contribution >= 4 is 11.9 Å². The summed E-state index contributed by atoms with van der Waals surface area (Å²) in [4.78, 5) is 41.0. The predicted octanol–water partition coefficient (Wildman–Crippen LogP) is 7.35. The minimum Gasteiger partial charge on any atom is -0.481 e. The number of hydrogen-bond acceptors (Lipinski definition) is 4. The number of amides is 1. The average molecular weight is 694 g/mol. The van der Waals surface area contributed by atoms with E-state index in [9.17, 15) is 37.1 Å². The molecule has 2 N–H and O–H groups in total. The first-order chi connectivity index (χ1) is 22.7. The number of benzene rings is 2. The summed E-state index contributed by atoms with van der Waals surface area (Å²) in [7, 11) is 3.36. The summed E-state index contributed by atoms with van der Waals surface area (Å²) in [6.45, 7) is 7.00. The molecule has 2 aromatic carbocycles. The third-order valence-corrected chi connectivity index (χ3v) is 8.85. The number of halogens is 6. The number of likely N-dealkylation sites (N-methyl/N-ethyl adjacent to an activating group) is 1. The maximum atomic E-state index is 15.3. The van der Waals surface area contributed by atoms with E-state index in [0.717, 1.165) is 10.8 Å². The molecule has 0 radical (unpaired) electrons. The van der Waals surface area contributed by atoms with Crippen LogP contribution in [-0.4, -0.2) is 47.1 Å². The van der Waals surface area contributed by atoms with Crippen molar-refractivity contribution in [2.75, 3.05) is 20.6 Å². The van der Waals surface area contributed by atoms with Crippen molar-refractivity contribution in [1.29, 1.82) is 0 Å². The zero-order valence-corrected chi connectivity index (χ0v) is 28.3. The van der Waals surface area contributed by atoms with E-state index in [1.165, 1.54) is 24.3 Å². The number of carboxylic acid groups (broad SMARTS) is 1. The molecule has 0 bridgehead atoms. The molecule has 1 aliphatic rings. The Labute approximate surface area is 280 Å². The summed E-state index contributed by atoms with van der Waals surface area (Å²) in [5.41, 5.74) is -0.459. The smallest absolute Gasteiger partial charge is 0.416 e. The number of carbonyl (C=O) groups excluding carboxylic acids is 1. The zero-order chi connectivity index (χ0) is 36.6. The van der Waals surface area contributed by atoms with Crippen LogP contribution in [0, 0.1) is 25.6 Å². The van der Waals surface area contributed by atoms with Gasteiger partial charge in [-0.05, 0) is 116 Å². The van der Waals surface area contributed by atoms with Crippen LogP contribution in [0.1, 0.15) is 84.1 Å². The van der Waals surface area contributed by atoms with Crippen LogP contribution in [0.5, 0.6) is 0 Å². The Balaban J connectivity index is 1.85. The molecule has 0 saturated heterocycles. The standard InChI is InChI=1S/C36H41F6N3O4/c1-19(2)11-30(45-18-22(8-10-44(5)6)27(16-31(45)46)36(40,41)42)34(49)43-29(17-32(47)48)23-14-26(25-7-9-35(38,39)28(25)15-23)33-20(3)12-24(37)13-21(33)4/h12-16,18-19,29-30H,7-11,17H2,1-6H3,(H,43,49)(H,47,48)/t29-,30+/m0/s1. The number of carbonyl (C=O) groups is 2. The summed E-state index contributed by atoms with van der Waals surface area (Å²) in [5, 5.41) is 12.5. The number of nitrogens with one attached hydrogen (secondary N) is 1. The Morgan fingerprint density at radius 2 is 1.69 bits per heavy atom. The minimum atomic E-state index is -4.82. The van der Waals surface area contributed by atoms with Gasteiger partial charge >= 0.3 is 12.1 Å². The van der Waals surface area contributed by atoms with Crippen LogP contribution in [0.25, 0.3) is 11.1 Å². The van der Waals surface area contributed by atoms with Crippen molar-refractivity contribution in [3.63, 3.8) is 0 Å². The van der Waals surface area contributed by atoms with E-state index in [2.05, 4.69) is 5.32 Å². The molecule has 1 heterocycles. The monoisotopic (exact) mass is 693 g/mol. The number of carboxylic acids is 1. The molecule has 3 aromatic rings. The third-order valence-electron chi connectivity index (χ3n) is 8.85. The molecule has 7 nitrogen and oxygen atoms in total. The average Bonchev–Trinajstić information content (AvgIpc) is 3.27. The molecule has 0 unspecified atom stereocenters.